The summed E-state index contributed by atoms with van der Waals surface area (Å²) < 4.78 is 11.1. The number of fused-ring (bicyclic) bond motifs is 1. The highest BCUT2D eigenvalue weighted by molar-refractivity contribution is 9.09. The largest absolute Gasteiger partial charge is 0.485 e. The quantitative estimate of drug-likeness (QED) is 0.865. The van der Waals surface area contributed by atoms with E-state index in [0.29, 0.717) is 16.8 Å². The highest BCUT2D eigenvalue weighted by atomic mass is 79.9. The van der Waals surface area contributed by atoms with Gasteiger partial charge in [0.15, 0.2) is 11.5 Å². The fourth-order valence-corrected chi connectivity index (χ4v) is 1.68. The first-order chi connectivity index (χ1) is 8.20. The summed E-state index contributed by atoms with van der Waals surface area (Å²) >= 11 is 3.31. The molecule has 0 saturated carbocycles. The Kier molecular flexibility index (Phi) is 3.89. The molecule has 2 atom stereocenters. The Morgan fingerprint density at radius 1 is 1.53 bits per heavy atom. The van der Waals surface area contributed by atoms with Crippen molar-refractivity contribution in [2.75, 3.05) is 11.9 Å². The van der Waals surface area contributed by atoms with Crippen molar-refractivity contribution >= 4 is 21.8 Å². The normalized spacial score (nSPS) is 19.5. The molecule has 1 aromatic rings. The van der Waals surface area contributed by atoms with E-state index >= 15 is 0 Å². The van der Waals surface area contributed by atoms with Gasteiger partial charge in [0.2, 0.25) is 6.10 Å². The maximum Gasteiger partial charge on any atom is 0.264 e. The van der Waals surface area contributed by atoms with Crippen LogP contribution in [0.4, 0.5) is 0 Å². The van der Waals surface area contributed by atoms with Crippen molar-refractivity contribution in [3.05, 3.63) is 24.3 Å². The summed E-state index contributed by atoms with van der Waals surface area (Å²) in [4.78, 5) is 11.8. The second-order valence-electron chi connectivity index (χ2n) is 3.93. The van der Waals surface area contributed by atoms with Crippen LogP contribution in [0.15, 0.2) is 24.3 Å². The Balaban J connectivity index is 2.00. The molecule has 17 heavy (non-hydrogen) atoms. The van der Waals surface area contributed by atoms with Crippen LogP contribution in [0.5, 0.6) is 11.5 Å². The number of amides is 1. The van der Waals surface area contributed by atoms with E-state index < -0.39 is 6.10 Å². The zero-order valence-corrected chi connectivity index (χ0v) is 11.1. The van der Waals surface area contributed by atoms with E-state index in [2.05, 4.69) is 21.2 Å². The van der Waals surface area contributed by atoms with Gasteiger partial charge in [-0.2, -0.15) is 0 Å². The van der Waals surface area contributed by atoms with Gasteiger partial charge in [-0.05, 0) is 19.1 Å². The molecule has 0 saturated heterocycles. The van der Waals surface area contributed by atoms with Gasteiger partial charge >= 0.3 is 0 Å². The van der Waals surface area contributed by atoms with Crippen molar-refractivity contribution in [3.8, 4) is 11.5 Å². The zero-order valence-electron chi connectivity index (χ0n) is 9.48. The topological polar surface area (TPSA) is 47.6 Å². The molecular formula is C12H14BrNO3. The van der Waals surface area contributed by atoms with E-state index in [1.54, 1.807) is 6.07 Å². The molecule has 1 aromatic carbocycles. The average molecular weight is 300 g/mol. The summed E-state index contributed by atoms with van der Waals surface area (Å²) in [6, 6.07) is 7.41. The van der Waals surface area contributed by atoms with Gasteiger partial charge in [-0.25, -0.2) is 0 Å². The minimum atomic E-state index is -0.577. The molecule has 0 bridgehead atoms. The summed E-state index contributed by atoms with van der Waals surface area (Å²) in [5.41, 5.74) is 0. The van der Waals surface area contributed by atoms with Gasteiger partial charge in [-0.15, -0.1) is 0 Å². The molecule has 0 aromatic heterocycles. The summed E-state index contributed by atoms with van der Waals surface area (Å²) in [6.07, 6.45) is -0.577. The van der Waals surface area contributed by atoms with Crippen LogP contribution in [0, 0.1) is 0 Å². The number of halogens is 1. The van der Waals surface area contributed by atoms with Crippen LogP contribution in [0.3, 0.4) is 0 Å². The molecule has 0 spiro atoms. The van der Waals surface area contributed by atoms with E-state index in [0.717, 1.165) is 0 Å². The monoisotopic (exact) mass is 299 g/mol. The van der Waals surface area contributed by atoms with Crippen molar-refractivity contribution in [1.29, 1.82) is 0 Å². The van der Waals surface area contributed by atoms with Crippen LogP contribution >= 0.6 is 15.9 Å². The average Bonchev–Trinajstić information content (AvgIpc) is 2.38. The van der Waals surface area contributed by atoms with Gasteiger partial charge < -0.3 is 14.8 Å². The Hall–Kier alpha value is -1.23. The number of alkyl halides is 1. The predicted octanol–water partition coefficient (Wildman–Crippen LogP) is 1.73. The van der Waals surface area contributed by atoms with Crippen LogP contribution in [-0.2, 0) is 4.79 Å². The molecule has 1 heterocycles. The highest BCUT2D eigenvalue weighted by Gasteiger charge is 2.27. The van der Waals surface area contributed by atoms with E-state index in [1.165, 1.54) is 0 Å². The number of carbonyl (C=O) groups excluding carboxylic acids is 1. The number of ether oxygens (including phenoxy) is 2. The smallest absolute Gasteiger partial charge is 0.264 e. The van der Waals surface area contributed by atoms with Gasteiger partial charge in [-0.1, -0.05) is 28.1 Å². The third-order valence-corrected chi connectivity index (χ3v) is 3.39. The van der Waals surface area contributed by atoms with Crippen LogP contribution in [0.25, 0.3) is 0 Å². The van der Waals surface area contributed by atoms with Crippen LogP contribution in [0.1, 0.15) is 6.92 Å². The first kappa shape index (κ1) is 12.2. The summed E-state index contributed by atoms with van der Waals surface area (Å²) in [5, 5.41) is 3.55. The SMILES string of the molecule is CC(CBr)NC(=O)C1COc2ccccc2O1. The third kappa shape index (κ3) is 2.91. The molecule has 0 aliphatic carbocycles. The second kappa shape index (κ2) is 5.40. The summed E-state index contributed by atoms with van der Waals surface area (Å²) in [6.45, 7) is 2.17. The maximum atomic E-state index is 11.8. The Morgan fingerprint density at radius 3 is 2.94 bits per heavy atom. The van der Waals surface area contributed by atoms with Crippen molar-refractivity contribution in [3.63, 3.8) is 0 Å². The fourth-order valence-electron chi connectivity index (χ4n) is 1.52. The van der Waals surface area contributed by atoms with E-state index in [1.807, 2.05) is 25.1 Å². The van der Waals surface area contributed by atoms with Crippen molar-refractivity contribution in [1.82, 2.24) is 5.32 Å². The number of nitrogens with one attached hydrogen (secondary N) is 1. The number of para-hydroxylation sites is 2. The molecule has 4 nitrogen and oxygen atoms in total. The van der Waals surface area contributed by atoms with Gasteiger partial charge in [0.05, 0.1) is 0 Å². The Labute approximate surface area is 108 Å². The minimum Gasteiger partial charge on any atom is -0.485 e. The van der Waals surface area contributed by atoms with Gasteiger partial charge in [0, 0.05) is 11.4 Å². The molecule has 1 amide bonds. The lowest BCUT2D eigenvalue weighted by molar-refractivity contribution is -0.130. The lowest BCUT2D eigenvalue weighted by atomic mass is 10.2. The van der Waals surface area contributed by atoms with Gasteiger partial charge in [-0.3, -0.25) is 4.79 Å². The summed E-state index contributed by atoms with van der Waals surface area (Å²) in [5.74, 6) is 1.15. The second-order valence-corrected chi connectivity index (χ2v) is 4.58. The van der Waals surface area contributed by atoms with Crippen molar-refractivity contribution in [2.45, 2.75) is 19.1 Å². The number of carbonyl (C=O) groups is 1. The van der Waals surface area contributed by atoms with Crippen LogP contribution in [-0.4, -0.2) is 30.0 Å². The lowest BCUT2D eigenvalue weighted by Gasteiger charge is -2.26. The van der Waals surface area contributed by atoms with E-state index in [9.17, 15) is 4.79 Å². The predicted molar refractivity (Wildman–Crippen MR) is 67.8 cm³/mol. The number of hydrogen-bond acceptors (Lipinski definition) is 3. The number of benzene rings is 1. The molecule has 2 rings (SSSR count). The Bertz CT molecular complexity index is 410. The molecule has 1 N–H and O–H groups in total. The third-order valence-electron chi connectivity index (χ3n) is 2.42. The molecule has 5 heteroatoms. The van der Waals surface area contributed by atoms with Crippen molar-refractivity contribution in [2.24, 2.45) is 0 Å². The molecule has 1 aliphatic rings. The molecule has 2 unspecified atom stereocenters. The Morgan fingerprint density at radius 2 is 2.24 bits per heavy atom. The molecule has 92 valence electrons. The first-order valence-electron chi connectivity index (χ1n) is 5.45. The van der Waals surface area contributed by atoms with Gasteiger partial charge in [0.25, 0.3) is 5.91 Å². The first-order valence-corrected chi connectivity index (χ1v) is 6.57. The standard InChI is InChI=1S/C12H14BrNO3/c1-8(6-13)14-12(15)11-7-16-9-4-2-3-5-10(9)17-11/h2-5,8,11H,6-7H2,1H3,(H,14,15). The molecule has 1 aliphatic heterocycles. The van der Waals surface area contributed by atoms with E-state index in [4.69, 9.17) is 9.47 Å². The highest BCUT2D eigenvalue weighted by Crippen LogP contribution is 2.30. The van der Waals surface area contributed by atoms with Crippen molar-refractivity contribution < 1.29 is 14.3 Å². The molecular weight excluding hydrogens is 286 g/mol. The van der Waals surface area contributed by atoms with E-state index in [-0.39, 0.29) is 18.6 Å². The maximum absolute atomic E-state index is 11.8. The summed E-state index contributed by atoms with van der Waals surface area (Å²) in [7, 11) is 0. The van der Waals surface area contributed by atoms with Crippen LogP contribution < -0.4 is 14.8 Å². The molecule has 0 radical (unpaired) electrons. The number of hydrogen-bond donors (Lipinski definition) is 1. The number of rotatable bonds is 3. The van der Waals surface area contributed by atoms with Gasteiger partial charge in [0.1, 0.15) is 6.61 Å². The lowest BCUT2D eigenvalue weighted by Crippen LogP contribution is -2.47. The fraction of sp³-hybridized carbons (Fsp3) is 0.417. The van der Waals surface area contributed by atoms with Crippen LogP contribution in [0.2, 0.25) is 0 Å². The zero-order chi connectivity index (χ0) is 12.3. The minimum absolute atomic E-state index is 0.0725. The molecule has 0 fully saturated rings.